The molecule has 1 fully saturated rings. The van der Waals surface area contributed by atoms with E-state index in [2.05, 4.69) is 4.74 Å². The van der Waals surface area contributed by atoms with Gasteiger partial charge in [-0.25, -0.2) is 13.2 Å². The maximum Gasteiger partial charge on any atom is 0.342 e. The molecule has 0 spiro atoms. The predicted octanol–water partition coefficient (Wildman–Crippen LogP) is -0.181. The van der Waals surface area contributed by atoms with Gasteiger partial charge in [-0.3, -0.25) is 4.79 Å². The minimum atomic E-state index is -3.72. The smallest absolute Gasteiger partial charge is 0.342 e. The van der Waals surface area contributed by atoms with Crippen LogP contribution in [-0.4, -0.2) is 49.4 Å². The van der Waals surface area contributed by atoms with Crippen LogP contribution in [-0.2, 0) is 19.6 Å². The first-order chi connectivity index (χ1) is 10.3. The fraction of sp³-hybridized carbons (Fsp3) is 0.385. The molecule has 120 valence electrons. The van der Waals surface area contributed by atoms with Gasteiger partial charge in [-0.1, -0.05) is 0 Å². The molecule has 0 aliphatic carbocycles. The summed E-state index contributed by atoms with van der Waals surface area (Å²) in [5.41, 5.74) is 4.53. The van der Waals surface area contributed by atoms with Crippen molar-refractivity contribution in [3.63, 3.8) is 0 Å². The van der Waals surface area contributed by atoms with E-state index in [9.17, 15) is 23.1 Å². The van der Waals surface area contributed by atoms with Crippen molar-refractivity contribution in [1.82, 2.24) is 4.31 Å². The summed E-state index contributed by atoms with van der Waals surface area (Å²) in [6.07, 6.45) is 1.57. The number of hydrogen-bond acceptors (Lipinski definition) is 6. The molecule has 1 heterocycles. The largest absolute Gasteiger partial charge is 0.507 e. The van der Waals surface area contributed by atoms with E-state index in [1.807, 2.05) is 0 Å². The minimum Gasteiger partial charge on any atom is -0.507 e. The van der Waals surface area contributed by atoms with Crippen LogP contribution in [0.4, 0.5) is 0 Å². The first-order valence-electron chi connectivity index (χ1n) is 6.61. The first kappa shape index (κ1) is 16.2. The second-order valence-corrected chi connectivity index (χ2v) is 6.77. The van der Waals surface area contributed by atoms with Crippen LogP contribution in [0.25, 0.3) is 0 Å². The van der Waals surface area contributed by atoms with Crippen molar-refractivity contribution in [3.05, 3.63) is 23.8 Å². The van der Waals surface area contributed by atoms with Gasteiger partial charge in [0.05, 0.1) is 4.90 Å². The van der Waals surface area contributed by atoms with Crippen molar-refractivity contribution in [1.29, 1.82) is 0 Å². The SMILES string of the molecule is NC(=O)COC(=O)c1cc(S(=O)(=O)N2CCCC2)ccc1O. The molecule has 9 heteroatoms. The minimum absolute atomic E-state index is 0.113. The maximum atomic E-state index is 12.4. The summed E-state index contributed by atoms with van der Waals surface area (Å²) in [6.45, 7) is 0.191. The molecule has 3 N–H and O–H groups in total. The zero-order valence-corrected chi connectivity index (χ0v) is 12.5. The molecule has 1 saturated heterocycles. The van der Waals surface area contributed by atoms with Crippen LogP contribution in [0.3, 0.4) is 0 Å². The number of primary amides is 1. The first-order valence-corrected chi connectivity index (χ1v) is 8.05. The monoisotopic (exact) mass is 328 g/mol. The molecule has 1 aromatic rings. The van der Waals surface area contributed by atoms with E-state index in [1.165, 1.54) is 10.4 Å². The molecule has 0 unspecified atom stereocenters. The lowest BCUT2D eigenvalue weighted by Gasteiger charge is -2.16. The summed E-state index contributed by atoms with van der Waals surface area (Å²) in [5, 5.41) is 9.68. The van der Waals surface area contributed by atoms with Gasteiger partial charge in [-0.05, 0) is 31.0 Å². The number of carbonyl (C=O) groups excluding carboxylic acids is 2. The van der Waals surface area contributed by atoms with Crippen LogP contribution in [0, 0.1) is 0 Å². The third kappa shape index (κ3) is 3.37. The number of phenolic OH excluding ortho intramolecular Hbond substituents is 1. The molecule has 1 aliphatic rings. The quantitative estimate of drug-likeness (QED) is 0.722. The Bertz CT molecular complexity index is 694. The van der Waals surface area contributed by atoms with Gasteiger partial charge in [0.2, 0.25) is 10.0 Å². The van der Waals surface area contributed by atoms with Crippen LogP contribution >= 0.6 is 0 Å². The number of aromatic hydroxyl groups is 1. The van der Waals surface area contributed by atoms with Gasteiger partial charge in [0, 0.05) is 13.1 Å². The van der Waals surface area contributed by atoms with Crippen LogP contribution < -0.4 is 5.73 Å². The molecule has 0 atom stereocenters. The average Bonchev–Trinajstić information content (AvgIpc) is 2.99. The lowest BCUT2D eigenvalue weighted by molar-refractivity contribution is -0.121. The van der Waals surface area contributed by atoms with Crippen LogP contribution in [0.5, 0.6) is 5.75 Å². The molecule has 2 rings (SSSR count). The van der Waals surface area contributed by atoms with Gasteiger partial charge < -0.3 is 15.6 Å². The van der Waals surface area contributed by atoms with Gasteiger partial charge in [0.25, 0.3) is 5.91 Å². The highest BCUT2D eigenvalue weighted by Gasteiger charge is 2.28. The molecule has 0 saturated carbocycles. The van der Waals surface area contributed by atoms with Gasteiger partial charge >= 0.3 is 5.97 Å². The topological polar surface area (TPSA) is 127 Å². The molecule has 1 amide bonds. The third-order valence-corrected chi connectivity index (χ3v) is 5.13. The summed E-state index contributed by atoms with van der Waals surface area (Å²) in [4.78, 5) is 22.3. The Balaban J connectivity index is 2.30. The summed E-state index contributed by atoms with van der Waals surface area (Å²) in [7, 11) is -3.72. The summed E-state index contributed by atoms with van der Waals surface area (Å²) >= 11 is 0. The molecule has 0 radical (unpaired) electrons. The van der Waals surface area contributed by atoms with Gasteiger partial charge in [0.1, 0.15) is 11.3 Å². The summed E-state index contributed by atoms with van der Waals surface area (Å²) < 4.78 is 30.7. The molecular formula is C13H16N2O6S. The zero-order valence-electron chi connectivity index (χ0n) is 11.7. The van der Waals surface area contributed by atoms with Crippen molar-refractivity contribution in [2.75, 3.05) is 19.7 Å². The number of phenols is 1. The van der Waals surface area contributed by atoms with Crippen molar-refractivity contribution in [2.24, 2.45) is 5.73 Å². The number of nitrogens with zero attached hydrogens (tertiary/aromatic N) is 1. The Labute approximate surface area is 127 Å². The van der Waals surface area contributed by atoms with E-state index in [-0.39, 0.29) is 10.5 Å². The highest BCUT2D eigenvalue weighted by molar-refractivity contribution is 7.89. The number of amides is 1. The number of nitrogens with two attached hydrogens (primary N) is 1. The molecular weight excluding hydrogens is 312 g/mol. The number of ether oxygens (including phenoxy) is 1. The number of sulfonamides is 1. The fourth-order valence-corrected chi connectivity index (χ4v) is 3.67. The molecule has 0 aromatic heterocycles. The molecule has 0 bridgehead atoms. The maximum absolute atomic E-state index is 12.4. The Hall–Kier alpha value is -2.13. The third-order valence-electron chi connectivity index (χ3n) is 3.24. The van der Waals surface area contributed by atoms with E-state index < -0.39 is 34.3 Å². The average molecular weight is 328 g/mol. The molecule has 22 heavy (non-hydrogen) atoms. The van der Waals surface area contributed by atoms with Crippen LogP contribution in [0.1, 0.15) is 23.2 Å². The molecule has 1 aromatic carbocycles. The van der Waals surface area contributed by atoms with E-state index in [0.29, 0.717) is 13.1 Å². The Kier molecular flexibility index (Phi) is 4.67. The summed E-state index contributed by atoms with van der Waals surface area (Å²) in [5.74, 6) is -2.31. The van der Waals surface area contributed by atoms with Crippen LogP contribution in [0.15, 0.2) is 23.1 Å². The summed E-state index contributed by atoms with van der Waals surface area (Å²) in [6, 6.07) is 3.35. The van der Waals surface area contributed by atoms with Crippen molar-refractivity contribution < 1.29 is 27.9 Å². The van der Waals surface area contributed by atoms with Gasteiger partial charge in [0.15, 0.2) is 6.61 Å². The van der Waals surface area contributed by atoms with Crippen LogP contribution in [0.2, 0.25) is 0 Å². The highest BCUT2D eigenvalue weighted by atomic mass is 32.2. The zero-order chi connectivity index (χ0) is 16.3. The van der Waals surface area contributed by atoms with Crippen molar-refractivity contribution in [3.8, 4) is 5.75 Å². The van der Waals surface area contributed by atoms with Crippen molar-refractivity contribution >= 4 is 21.9 Å². The molecule has 1 aliphatic heterocycles. The Morgan fingerprint density at radius 1 is 1.27 bits per heavy atom. The number of carbonyl (C=O) groups is 2. The lowest BCUT2D eigenvalue weighted by Crippen LogP contribution is -2.28. The van der Waals surface area contributed by atoms with E-state index in [0.717, 1.165) is 25.0 Å². The van der Waals surface area contributed by atoms with E-state index >= 15 is 0 Å². The Morgan fingerprint density at radius 3 is 2.50 bits per heavy atom. The van der Waals surface area contributed by atoms with Crippen molar-refractivity contribution in [2.45, 2.75) is 17.7 Å². The lowest BCUT2D eigenvalue weighted by atomic mass is 10.2. The highest BCUT2D eigenvalue weighted by Crippen LogP contribution is 2.26. The standard InChI is InChI=1S/C13H16N2O6S/c14-12(17)8-21-13(18)10-7-9(3-4-11(10)16)22(19,20)15-5-1-2-6-15/h3-4,7,16H,1-2,5-6,8H2,(H2,14,17). The molecule has 8 nitrogen and oxygen atoms in total. The predicted molar refractivity (Wildman–Crippen MR) is 75.6 cm³/mol. The second-order valence-electron chi connectivity index (χ2n) is 4.83. The normalized spacial score (nSPS) is 15.6. The second kappa shape index (κ2) is 6.32. The number of benzene rings is 1. The van der Waals surface area contributed by atoms with Gasteiger partial charge in [-0.15, -0.1) is 0 Å². The number of rotatable bonds is 5. The van der Waals surface area contributed by atoms with Gasteiger partial charge in [-0.2, -0.15) is 4.31 Å². The Morgan fingerprint density at radius 2 is 1.91 bits per heavy atom. The number of hydrogen-bond donors (Lipinski definition) is 2. The fourth-order valence-electron chi connectivity index (χ4n) is 2.13. The van der Waals surface area contributed by atoms with E-state index in [4.69, 9.17) is 5.73 Å². The number of esters is 1. The van der Waals surface area contributed by atoms with E-state index in [1.54, 1.807) is 0 Å².